The summed E-state index contributed by atoms with van der Waals surface area (Å²) in [5, 5.41) is 0. The first-order valence-electron chi connectivity index (χ1n) is 4.49. The van der Waals surface area contributed by atoms with Crippen LogP contribution in [0, 0.1) is 0 Å². The molecule has 0 aliphatic heterocycles. The van der Waals surface area contributed by atoms with E-state index in [1.54, 1.807) is 18.5 Å². The summed E-state index contributed by atoms with van der Waals surface area (Å²) < 4.78 is 32.1. The fourth-order valence-corrected chi connectivity index (χ4v) is 1.79. The van der Waals surface area contributed by atoms with Crippen LogP contribution in [0.25, 0.3) is 0 Å². The molecule has 1 aromatic heterocycles. The van der Waals surface area contributed by atoms with Crippen molar-refractivity contribution in [1.29, 1.82) is 0 Å². The zero-order chi connectivity index (χ0) is 11.1. The van der Waals surface area contributed by atoms with E-state index in [4.69, 9.17) is 4.74 Å². The second kappa shape index (κ2) is 5.86. The van der Waals surface area contributed by atoms with Gasteiger partial charge in [-0.25, -0.2) is 0 Å². The lowest BCUT2D eigenvalue weighted by atomic mass is 10.4. The maximum Gasteiger partial charge on any atom is 0.277 e. The molecule has 0 aromatic carbocycles. The van der Waals surface area contributed by atoms with Gasteiger partial charge in [-0.15, -0.1) is 0 Å². The Morgan fingerprint density at radius 3 is 2.87 bits per heavy atom. The third-order valence-electron chi connectivity index (χ3n) is 1.73. The number of aromatic amines is 1. The van der Waals surface area contributed by atoms with Crippen molar-refractivity contribution in [1.82, 2.24) is 14.4 Å². The minimum Gasteiger partial charge on any atom is -0.383 e. The lowest BCUT2D eigenvalue weighted by Crippen LogP contribution is -2.37. The van der Waals surface area contributed by atoms with Crippen LogP contribution in [-0.4, -0.2) is 33.7 Å². The highest BCUT2D eigenvalue weighted by molar-refractivity contribution is 7.87. The summed E-state index contributed by atoms with van der Waals surface area (Å²) in [5.74, 6) is 0. The molecule has 0 aliphatic rings. The highest BCUT2D eigenvalue weighted by atomic mass is 32.2. The Morgan fingerprint density at radius 1 is 1.47 bits per heavy atom. The summed E-state index contributed by atoms with van der Waals surface area (Å²) in [5.41, 5.74) is 0.882. The number of aromatic nitrogens is 1. The average molecular weight is 233 g/mol. The van der Waals surface area contributed by atoms with Gasteiger partial charge < -0.3 is 9.72 Å². The number of ether oxygens (including phenoxy) is 1. The maximum atomic E-state index is 11.3. The molecule has 7 heteroatoms. The zero-order valence-electron chi connectivity index (χ0n) is 8.49. The summed E-state index contributed by atoms with van der Waals surface area (Å²) in [4.78, 5) is 2.84. The van der Waals surface area contributed by atoms with Gasteiger partial charge in [0, 0.05) is 32.6 Å². The number of nitrogens with one attached hydrogen (secondary N) is 3. The second-order valence-electron chi connectivity index (χ2n) is 2.93. The minimum atomic E-state index is -3.42. The summed E-state index contributed by atoms with van der Waals surface area (Å²) in [6.07, 6.45) is 3.47. The molecule has 0 fully saturated rings. The van der Waals surface area contributed by atoms with E-state index in [9.17, 15) is 8.42 Å². The van der Waals surface area contributed by atoms with Gasteiger partial charge in [-0.1, -0.05) is 0 Å². The standard InChI is InChI=1S/C8H15N3O3S/c1-14-5-4-10-15(12,13)11-7-8-2-3-9-6-8/h2-3,6,9-11H,4-5,7H2,1H3. The Bertz CT molecular complexity index is 360. The van der Waals surface area contributed by atoms with Gasteiger partial charge in [-0.2, -0.15) is 17.9 Å². The third-order valence-corrected chi connectivity index (χ3v) is 2.84. The molecule has 86 valence electrons. The van der Waals surface area contributed by atoms with Gasteiger partial charge in [0.25, 0.3) is 10.2 Å². The molecule has 0 amide bonds. The van der Waals surface area contributed by atoms with E-state index in [0.29, 0.717) is 6.61 Å². The Hall–Kier alpha value is -0.890. The molecular formula is C8H15N3O3S. The predicted octanol–water partition coefficient (Wildman–Crippen LogP) is -0.415. The summed E-state index contributed by atoms with van der Waals surface area (Å²) in [7, 11) is -1.91. The molecule has 0 radical (unpaired) electrons. The van der Waals surface area contributed by atoms with Crippen molar-refractivity contribution in [2.75, 3.05) is 20.3 Å². The Kier molecular flexibility index (Phi) is 4.76. The topological polar surface area (TPSA) is 83.2 Å². The van der Waals surface area contributed by atoms with Crippen molar-refractivity contribution in [2.45, 2.75) is 6.54 Å². The van der Waals surface area contributed by atoms with Crippen LogP contribution in [0.1, 0.15) is 5.56 Å². The number of H-pyrrole nitrogens is 1. The van der Waals surface area contributed by atoms with Crippen LogP contribution >= 0.6 is 0 Å². The fourth-order valence-electron chi connectivity index (χ4n) is 0.976. The van der Waals surface area contributed by atoms with Crippen molar-refractivity contribution in [3.05, 3.63) is 24.0 Å². The normalized spacial score (nSPS) is 11.8. The van der Waals surface area contributed by atoms with E-state index in [0.717, 1.165) is 5.56 Å². The van der Waals surface area contributed by atoms with E-state index >= 15 is 0 Å². The summed E-state index contributed by atoms with van der Waals surface area (Å²) in [6, 6.07) is 1.80. The average Bonchev–Trinajstić information content (AvgIpc) is 2.68. The minimum absolute atomic E-state index is 0.263. The monoisotopic (exact) mass is 233 g/mol. The number of hydrogen-bond donors (Lipinski definition) is 3. The summed E-state index contributed by atoms with van der Waals surface area (Å²) in [6.45, 7) is 0.885. The van der Waals surface area contributed by atoms with Crippen LogP contribution < -0.4 is 9.44 Å². The lowest BCUT2D eigenvalue weighted by molar-refractivity contribution is 0.204. The molecule has 0 atom stereocenters. The third kappa shape index (κ3) is 4.93. The van der Waals surface area contributed by atoms with Gasteiger partial charge in [0.05, 0.1) is 6.61 Å². The molecule has 1 aromatic rings. The van der Waals surface area contributed by atoms with Gasteiger partial charge in [0.15, 0.2) is 0 Å². The number of methoxy groups -OCH3 is 1. The summed E-state index contributed by atoms with van der Waals surface area (Å²) >= 11 is 0. The largest absolute Gasteiger partial charge is 0.383 e. The fraction of sp³-hybridized carbons (Fsp3) is 0.500. The maximum absolute atomic E-state index is 11.3. The van der Waals surface area contributed by atoms with Gasteiger partial charge in [0.1, 0.15) is 0 Å². The Labute approximate surface area is 89.2 Å². The van der Waals surface area contributed by atoms with Crippen LogP contribution in [-0.2, 0) is 21.5 Å². The molecule has 15 heavy (non-hydrogen) atoms. The van der Waals surface area contributed by atoms with Crippen molar-refractivity contribution < 1.29 is 13.2 Å². The smallest absolute Gasteiger partial charge is 0.277 e. The quantitative estimate of drug-likeness (QED) is 0.560. The Balaban J connectivity index is 2.30. The molecule has 0 spiro atoms. The first-order valence-corrected chi connectivity index (χ1v) is 5.97. The first-order chi connectivity index (χ1) is 7.14. The molecular weight excluding hydrogens is 218 g/mol. The molecule has 3 N–H and O–H groups in total. The second-order valence-corrected chi connectivity index (χ2v) is 4.52. The molecule has 0 bridgehead atoms. The van der Waals surface area contributed by atoms with Crippen molar-refractivity contribution >= 4 is 10.2 Å². The van der Waals surface area contributed by atoms with E-state index < -0.39 is 10.2 Å². The van der Waals surface area contributed by atoms with Crippen LogP contribution in [0.3, 0.4) is 0 Å². The SMILES string of the molecule is COCCNS(=O)(=O)NCc1cc[nH]c1. The molecule has 1 rings (SSSR count). The van der Waals surface area contributed by atoms with Crippen LogP contribution in [0.5, 0.6) is 0 Å². The highest BCUT2D eigenvalue weighted by Gasteiger charge is 2.07. The van der Waals surface area contributed by atoms with Crippen LogP contribution in [0.15, 0.2) is 18.5 Å². The van der Waals surface area contributed by atoms with E-state index in [1.165, 1.54) is 7.11 Å². The van der Waals surface area contributed by atoms with Gasteiger partial charge in [-0.05, 0) is 11.6 Å². The van der Waals surface area contributed by atoms with Crippen LogP contribution in [0.2, 0.25) is 0 Å². The van der Waals surface area contributed by atoms with E-state index in [1.807, 2.05) is 0 Å². The number of rotatable bonds is 7. The van der Waals surface area contributed by atoms with Crippen molar-refractivity contribution in [3.63, 3.8) is 0 Å². The van der Waals surface area contributed by atoms with Gasteiger partial charge in [0.2, 0.25) is 0 Å². The van der Waals surface area contributed by atoms with Crippen molar-refractivity contribution in [3.8, 4) is 0 Å². The van der Waals surface area contributed by atoms with Gasteiger partial charge in [-0.3, -0.25) is 0 Å². The molecule has 0 unspecified atom stereocenters. The first kappa shape index (κ1) is 12.2. The van der Waals surface area contributed by atoms with Crippen LogP contribution in [0.4, 0.5) is 0 Å². The van der Waals surface area contributed by atoms with Crippen molar-refractivity contribution in [2.24, 2.45) is 0 Å². The molecule has 0 saturated heterocycles. The zero-order valence-corrected chi connectivity index (χ0v) is 9.30. The molecule has 1 heterocycles. The molecule has 0 saturated carbocycles. The predicted molar refractivity (Wildman–Crippen MR) is 56.4 cm³/mol. The number of hydrogen-bond acceptors (Lipinski definition) is 3. The highest BCUT2D eigenvalue weighted by Crippen LogP contribution is 1.95. The lowest BCUT2D eigenvalue weighted by Gasteiger charge is -2.06. The van der Waals surface area contributed by atoms with E-state index in [-0.39, 0.29) is 13.1 Å². The molecule has 0 aliphatic carbocycles. The molecule has 6 nitrogen and oxygen atoms in total. The van der Waals surface area contributed by atoms with E-state index in [2.05, 4.69) is 14.4 Å². The van der Waals surface area contributed by atoms with Gasteiger partial charge >= 0.3 is 0 Å². The Morgan fingerprint density at radius 2 is 2.27 bits per heavy atom.